The van der Waals surface area contributed by atoms with Gasteiger partial charge in [0.2, 0.25) is 0 Å². The lowest BCUT2D eigenvalue weighted by Gasteiger charge is -2.29. The number of H-pyrrole nitrogens is 1. The van der Waals surface area contributed by atoms with Crippen LogP contribution in [-0.2, 0) is 11.2 Å². The van der Waals surface area contributed by atoms with Crippen molar-refractivity contribution in [2.45, 2.75) is 44.2 Å². The normalized spacial score (nSPS) is 18.4. The SMILES string of the molecule is CN1CCC(Oc2ccc(-c3n[nH]c4ccc(CC(=O)C(c5cccs5)N5CCCC5)cc34)cc2)CC1. The van der Waals surface area contributed by atoms with Gasteiger partial charge in [0.25, 0.3) is 0 Å². The first-order chi connectivity index (χ1) is 18.1. The molecule has 1 N–H and O–H groups in total. The molecule has 2 saturated heterocycles. The zero-order valence-electron chi connectivity index (χ0n) is 21.4. The van der Waals surface area contributed by atoms with E-state index in [1.165, 1.54) is 12.8 Å². The van der Waals surface area contributed by atoms with Gasteiger partial charge in [-0.3, -0.25) is 14.8 Å². The van der Waals surface area contributed by atoms with E-state index >= 15 is 0 Å². The molecule has 2 aliphatic rings. The molecule has 2 aromatic carbocycles. The van der Waals surface area contributed by atoms with Crippen molar-refractivity contribution in [1.82, 2.24) is 20.0 Å². The molecule has 2 aliphatic heterocycles. The molecule has 2 fully saturated rings. The number of nitrogens with one attached hydrogen (secondary N) is 1. The van der Waals surface area contributed by atoms with Gasteiger partial charge in [0, 0.05) is 35.3 Å². The van der Waals surface area contributed by atoms with Gasteiger partial charge >= 0.3 is 0 Å². The number of fused-ring (bicyclic) bond motifs is 1. The van der Waals surface area contributed by atoms with Crippen LogP contribution >= 0.6 is 11.3 Å². The van der Waals surface area contributed by atoms with E-state index < -0.39 is 0 Å². The minimum atomic E-state index is -0.140. The number of likely N-dealkylation sites (tertiary alicyclic amines) is 2. The summed E-state index contributed by atoms with van der Waals surface area (Å²) in [6, 6.07) is 18.5. The predicted octanol–water partition coefficient (Wildman–Crippen LogP) is 5.71. The lowest BCUT2D eigenvalue weighted by molar-refractivity contribution is -0.123. The van der Waals surface area contributed by atoms with Gasteiger partial charge in [0.05, 0.1) is 11.2 Å². The van der Waals surface area contributed by atoms with Crippen LogP contribution in [0.3, 0.4) is 0 Å². The van der Waals surface area contributed by atoms with Crippen molar-refractivity contribution in [1.29, 1.82) is 0 Å². The number of hydrogen-bond acceptors (Lipinski definition) is 6. The molecule has 4 aromatic rings. The van der Waals surface area contributed by atoms with Crippen LogP contribution in [-0.4, -0.2) is 65.1 Å². The molecule has 0 spiro atoms. The van der Waals surface area contributed by atoms with E-state index in [-0.39, 0.29) is 17.9 Å². The molecule has 2 aromatic heterocycles. The second-order valence-corrected chi connectivity index (χ2v) is 11.4. The van der Waals surface area contributed by atoms with Gasteiger partial charge in [-0.15, -0.1) is 11.3 Å². The Morgan fingerprint density at radius 3 is 2.59 bits per heavy atom. The molecule has 7 heteroatoms. The van der Waals surface area contributed by atoms with Gasteiger partial charge in [-0.1, -0.05) is 12.1 Å². The topological polar surface area (TPSA) is 61.5 Å². The molecule has 37 heavy (non-hydrogen) atoms. The fraction of sp³-hybridized carbons (Fsp3) is 0.400. The van der Waals surface area contributed by atoms with E-state index in [1.807, 2.05) is 24.3 Å². The number of rotatable bonds is 8. The number of nitrogens with zero attached hydrogens (tertiary/aromatic N) is 3. The first-order valence-electron chi connectivity index (χ1n) is 13.4. The summed E-state index contributed by atoms with van der Waals surface area (Å²) in [6.07, 6.45) is 5.17. The number of piperidine rings is 1. The smallest absolute Gasteiger partial charge is 0.159 e. The van der Waals surface area contributed by atoms with Crippen LogP contribution < -0.4 is 4.74 Å². The third-order valence-electron chi connectivity index (χ3n) is 7.73. The molecule has 6 nitrogen and oxygen atoms in total. The van der Waals surface area contributed by atoms with Crippen LogP contribution in [0.5, 0.6) is 5.75 Å². The Kier molecular flexibility index (Phi) is 7.09. The molecule has 1 unspecified atom stereocenters. The monoisotopic (exact) mass is 514 g/mol. The lowest BCUT2D eigenvalue weighted by Crippen LogP contribution is -2.35. The Morgan fingerprint density at radius 2 is 1.86 bits per heavy atom. The fourth-order valence-corrected chi connectivity index (χ4v) is 6.55. The second-order valence-electron chi connectivity index (χ2n) is 10.4. The van der Waals surface area contributed by atoms with E-state index in [0.717, 1.165) is 77.4 Å². The molecule has 6 rings (SSSR count). The average molecular weight is 515 g/mol. The highest BCUT2D eigenvalue weighted by Crippen LogP contribution is 2.32. The van der Waals surface area contributed by atoms with Gasteiger partial charge in [0.15, 0.2) is 5.78 Å². The number of thiophene rings is 1. The number of aromatic nitrogens is 2. The van der Waals surface area contributed by atoms with Gasteiger partial charge in [-0.25, -0.2) is 0 Å². The van der Waals surface area contributed by atoms with Gasteiger partial charge in [-0.05, 0) is 99.2 Å². The molecule has 0 saturated carbocycles. The second kappa shape index (κ2) is 10.8. The molecule has 0 bridgehead atoms. The fourth-order valence-electron chi connectivity index (χ4n) is 5.66. The maximum atomic E-state index is 13.6. The third-order valence-corrected chi connectivity index (χ3v) is 8.65. The zero-order chi connectivity index (χ0) is 25.2. The van der Waals surface area contributed by atoms with Crippen LogP contribution in [0.1, 0.15) is 42.2 Å². The van der Waals surface area contributed by atoms with Gasteiger partial charge in [-0.2, -0.15) is 5.10 Å². The molecular weight excluding hydrogens is 480 g/mol. The number of ether oxygens (including phenoxy) is 1. The van der Waals surface area contributed by atoms with Crippen molar-refractivity contribution < 1.29 is 9.53 Å². The summed E-state index contributed by atoms with van der Waals surface area (Å²) >= 11 is 1.68. The lowest BCUT2D eigenvalue weighted by atomic mass is 9.99. The summed E-state index contributed by atoms with van der Waals surface area (Å²) in [6.45, 7) is 4.16. The summed E-state index contributed by atoms with van der Waals surface area (Å²) in [4.78, 5) is 19.4. The van der Waals surface area contributed by atoms with E-state index in [2.05, 4.69) is 62.8 Å². The average Bonchev–Trinajstić information content (AvgIpc) is 3.69. The van der Waals surface area contributed by atoms with E-state index in [1.54, 1.807) is 11.3 Å². The summed E-state index contributed by atoms with van der Waals surface area (Å²) in [5.74, 6) is 1.18. The number of hydrogen-bond donors (Lipinski definition) is 1. The largest absolute Gasteiger partial charge is 0.490 e. The van der Waals surface area contributed by atoms with Crippen molar-refractivity contribution in [2.24, 2.45) is 0 Å². The highest BCUT2D eigenvalue weighted by atomic mass is 32.1. The van der Waals surface area contributed by atoms with E-state index in [0.29, 0.717) is 6.42 Å². The number of carbonyl (C=O) groups excluding carboxylic acids is 1. The maximum Gasteiger partial charge on any atom is 0.159 e. The standard InChI is InChI=1S/C30H34N4O2S/c1-33-16-12-24(13-17-33)36-23-9-7-22(8-10-23)29-25-19-21(6-11-26(25)31-32-29)20-27(35)30(28-5-4-18-37-28)34-14-2-3-15-34/h4-11,18-19,24,30H,2-3,12-17,20H2,1H3,(H,31,32). The maximum absolute atomic E-state index is 13.6. The third kappa shape index (κ3) is 5.35. The summed E-state index contributed by atoms with van der Waals surface area (Å²) < 4.78 is 6.23. The molecule has 1 atom stereocenters. The Morgan fingerprint density at radius 1 is 1.08 bits per heavy atom. The van der Waals surface area contributed by atoms with Gasteiger partial charge in [0.1, 0.15) is 17.9 Å². The molecule has 192 valence electrons. The first-order valence-corrected chi connectivity index (χ1v) is 14.2. The summed E-state index contributed by atoms with van der Waals surface area (Å²) in [5, 5.41) is 10.9. The van der Waals surface area contributed by atoms with Crippen molar-refractivity contribution in [3.05, 3.63) is 70.4 Å². The van der Waals surface area contributed by atoms with Crippen LogP contribution in [0.2, 0.25) is 0 Å². The van der Waals surface area contributed by atoms with Crippen molar-refractivity contribution >= 4 is 28.0 Å². The minimum absolute atomic E-state index is 0.140. The Labute approximate surface area is 222 Å². The molecular formula is C30H34N4O2S. The van der Waals surface area contributed by atoms with Crippen LogP contribution in [0.4, 0.5) is 0 Å². The zero-order valence-corrected chi connectivity index (χ0v) is 22.2. The highest BCUT2D eigenvalue weighted by molar-refractivity contribution is 7.10. The molecule has 0 radical (unpaired) electrons. The van der Waals surface area contributed by atoms with E-state index in [9.17, 15) is 4.79 Å². The first kappa shape index (κ1) is 24.3. The van der Waals surface area contributed by atoms with Crippen molar-refractivity contribution in [3.63, 3.8) is 0 Å². The minimum Gasteiger partial charge on any atom is -0.490 e. The van der Waals surface area contributed by atoms with Crippen molar-refractivity contribution in [3.8, 4) is 17.0 Å². The Bertz CT molecular complexity index is 1330. The number of aromatic amines is 1. The quantitative estimate of drug-likeness (QED) is 0.326. The molecule has 4 heterocycles. The summed E-state index contributed by atoms with van der Waals surface area (Å²) in [7, 11) is 2.16. The number of benzene rings is 2. The van der Waals surface area contributed by atoms with Crippen LogP contribution in [0.15, 0.2) is 60.0 Å². The Hall–Kier alpha value is -3.00. The molecule has 0 aliphatic carbocycles. The summed E-state index contributed by atoms with van der Waals surface area (Å²) in [5.41, 5.74) is 3.96. The van der Waals surface area contributed by atoms with Crippen LogP contribution in [0.25, 0.3) is 22.2 Å². The number of ketones is 1. The van der Waals surface area contributed by atoms with E-state index in [4.69, 9.17) is 4.74 Å². The number of carbonyl (C=O) groups is 1. The van der Waals surface area contributed by atoms with Gasteiger partial charge < -0.3 is 9.64 Å². The van der Waals surface area contributed by atoms with Crippen LogP contribution in [0, 0.1) is 0 Å². The highest BCUT2D eigenvalue weighted by Gasteiger charge is 2.30. The molecule has 0 amide bonds. The Balaban J connectivity index is 1.20. The number of Topliss-reactive ketones (excluding diaryl/α,β-unsaturated/α-hetero) is 1. The predicted molar refractivity (Wildman–Crippen MR) is 149 cm³/mol. The van der Waals surface area contributed by atoms with Crippen molar-refractivity contribution in [2.75, 3.05) is 33.2 Å².